The number of amidine groups is 1. The van der Waals surface area contributed by atoms with Gasteiger partial charge in [-0.2, -0.15) is 0 Å². The highest BCUT2D eigenvalue weighted by Gasteiger charge is 2.15. The van der Waals surface area contributed by atoms with Crippen LogP contribution in [-0.2, 0) is 6.54 Å². The Labute approximate surface area is 117 Å². The van der Waals surface area contributed by atoms with Crippen LogP contribution in [0.25, 0.3) is 16.5 Å². The first-order valence-electron chi connectivity index (χ1n) is 6.35. The van der Waals surface area contributed by atoms with Gasteiger partial charge in [-0.3, -0.25) is 4.99 Å². The molecule has 0 aliphatic carbocycles. The van der Waals surface area contributed by atoms with Crippen molar-refractivity contribution in [3.63, 3.8) is 0 Å². The van der Waals surface area contributed by atoms with Gasteiger partial charge in [0, 0.05) is 28.2 Å². The van der Waals surface area contributed by atoms with Gasteiger partial charge in [0.05, 0.1) is 6.54 Å². The van der Waals surface area contributed by atoms with E-state index in [1.54, 1.807) is 0 Å². The Hall–Kier alpha value is -1.74. The SMILES string of the molecule is CC1=C(C)c2cc3cc(Cl)ccc3n2CCN=C1N. The zero-order valence-electron chi connectivity index (χ0n) is 11.1. The fraction of sp³-hybridized carbons (Fsp3) is 0.267. The van der Waals surface area contributed by atoms with Gasteiger partial charge >= 0.3 is 0 Å². The lowest BCUT2D eigenvalue weighted by Gasteiger charge is -2.16. The molecular formula is C15H16ClN3. The van der Waals surface area contributed by atoms with Gasteiger partial charge in [0.2, 0.25) is 0 Å². The van der Waals surface area contributed by atoms with E-state index in [4.69, 9.17) is 17.3 Å². The maximum atomic E-state index is 6.07. The van der Waals surface area contributed by atoms with Gasteiger partial charge in [0.15, 0.2) is 0 Å². The molecule has 0 amide bonds. The Morgan fingerprint density at radius 1 is 1.21 bits per heavy atom. The highest BCUT2D eigenvalue weighted by atomic mass is 35.5. The number of allylic oxidation sites excluding steroid dienone is 1. The van der Waals surface area contributed by atoms with Crippen LogP contribution in [0.3, 0.4) is 0 Å². The summed E-state index contributed by atoms with van der Waals surface area (Å²) in [5.74, 6) is 0.645. The fourth-order valence-corrected chi connectivity index (χ4v) is 2.75. The molecule has 0 bridgehead atoms. The van der Waals surface area contributed by atoms with Crippen LogP contribution in [0.1, 0.15) is 19.5 Å². The van der Waals surface area contributed by atoms with E-state index in [0.717, 1.165) is 22.5 Å². The molecule has 0 fully saturated rings. The number of rotatable bonds is 0. The molecule has 19 heavy (non-hydrogen) atoms. The molecule has 4 heteroatoms. The van der Waals surface area contributed by atoms with E-state index in [1.165, 1.54) is 16.8 Å². The predicted octanol–water partition coefficient (Wildman–Crippen LogP) is 3.46. The number of nitrogens with zero attached hydrogens (tertiary/aromatic N) is 2. The van der Waals surface area contributed by atoms with Gasteiger partial charge in [-0.15, -0.1) is 0 Å². The first-order valence-corrected chi connectivity index (χ1v) is 6.72. The predicted molar refractivity (Wildman–Crippen MR) is 81.7 cm³/mol. The van der Waals surface area contributed by atoms with Crippen molar-refractivity contribution in [1.82, 2.24) is 4.57 Å². The molecule has 3 nitrogen and oxygen atoms in total. The van der Waals surface area contributed by atoms with Crippen molar-refractivity contribution >= 4 is 33.9 Å². The van der Waals surface area contributed by atoms with Crippen molar-refractivity contribution < 1.29 is 0 Å². The van der Waals surface area contributed by atoms with E-state index in [9.17, 15) is 0 Å². The molecule has 0 saturated heterocycles. The summed E-state index contributed by atoms with van der Waals surface area (Å²) in [6.45, 7) is 5.66. The third-order valence-corrected chi connectivity index (χ3v) is 4.04. The van der Waals surface area contributed by atoms with Crippen LogP contribution in [0, 0.1) is 0 Å². The van der Waals surface area contributed by atoms with Gasteiger partial charge < -0.3 is 10.3 Å². The molecule has 1 aromatic heterocycles. The molecular weight excluding hydrogens is 258 g/mol. The van der Waals surface area contributed by atoms with Crippen LogP contribution in [0.2, 0.25) is 5.02 Å². The Kier molecular flexibility index (Phi) is 2.86. The number of aromatic nitrogens is 1. The molecule has 0 radical (unpaired) electrons. The molecule has 0 atom stereocenters. The van der Waals surface area contributed by atoms with Crippen LogP contribution in [0.5, 0.6) is 0 Å². The second-order valence-corrected chi connectivity index (χ2v) is 5.34. The van der Waals surface area contributed by atoms with Crippen molar-refractivity contribution in [1.29, 1.82) is 0 Å². The molecule has 2 N–H and O–H groups in total. The highest BCUT2D eigenvalue weighted by molar-refractivity contribution is 6.31. The molecule has 0 unspecified atom stereocenters. The Morgan fingerprint density at radius 3 is 2.79 bits per heavy atom. The first kappa shape index (κ1) is 12.3. The number of aliphatic imine (C=N–C) groups is 1. The standard InChI is InChI=1S/C15H16ClN3/c1-9-10(2)15(17)18-5-6-19-13-4-3-12(16)7-11(13)8-14(9)19/h3-4,7-8H,5-6H2,1-2H3,(H2,17,18). The summed E-state index contributed by atoms with van der Waals surface area (Å²) < 4.78 is 2.29. The largest absolute Gasteiger partial charge is 0.384 e. The first-order chi connectivity index (χ1) is 9.08. The number of nitrogens with two attached hydrogens (primary N) is 1. The second kappa shape index (κ2) is 4.42. The lowest BCUT2D eigenvalue weighted by Crippen LogP contribution is -2.19. The maximum Gasteiger partial charge on any atom is 0.121 e. The molecule has 1 aliphatic rings. The molecule has 2 heterocycles. The summed E-state index contributed by atoms with van der Waals surface area (Å²) in [6.07, 6.45) is 0. The summed E-state index contributed by atoms with van der Waals surface area (Å²) in [5, 5.41) is 1.93. The smallest absolute Gasteiger partial charge is 0.121 e. The van der Waals surface area contributed by atoms with E-state index in [0.29, 0.717) is 12.4 Å². The maximum absolute atomic E-state index is 6.07. The highest BCUT2D eigenvalue weighted by Crippen LogP contribution is 2.29. The summed E-state index contributed by atoms with van der Waals surface area (Å²) in [4.78, 5) is 4.41. The quantitative estimate of drug-likeness (QED) is 0.785. The fourth-order valence-electron chi connectivity index (χ4n) is 2.57. The number of hydrogen-bond donors (Lipinski definition) is 1. The third-order valence-electron chi connectivity index (χ3n) is 3.80. The lowest BCUT2D eigenvalue weighted by atomic mass is 10.1. The molecule has 0 spiro atoms. The Bertz CT molecular complexity index is 722. The van der Waals surface area contributed by atoms with Crippen LogP contribution < -0.4 is 5.73 Å². The third kappa shape index (κ3) is 1.94. The van der Waals surface area contributed by atoms with E-state index in [-0.39, 0.29) is 0 Å². The average Bonchev–Trinajstić information content (AvgIpc) is 2.73. The average molecular weight is 274 g/mol. The molecule has 1 aromatic carbocycles. The topological polar surface area (TPSA) is 43.3 Å². The zero-order valence-corrected chi connectivity index (χ0v) is 11.8. The van der Waals surface area contributed by atoms with Crippen molar-refractivity contribution in [2.75, 3.05) is 6.54 Å². The van der Waals surface area contributed by atoms with Gasteiger partial charge in [0.25, 0.3) is 0 Å². The van der Waals surface area contributed by atoms with E-state index in [2.05, 4.69) is 28.6 Å². The number of benzene rings is 1. The van der Waals surface area contributed by atoms with Crippen LogP contribution in [0.4, 0.5) is 0 Å². The molecule has 98 valence electrons. The van der Waals surface area contributed by atoms with E-state index < -0.39 is 0 Å². The molecule has 2 aromatic rings. The number of fused-ring (bicyclic) bond motifs is 3. The van der Waals surface area contributed by atoms with Gasteiger partial charge in [-0.25, -0.2) is 0 Å². The summed E-state index contributed by atoms with van der Waals surface area (Å²) in [5.41, 5.74) is 10.6. The number of halogens is 1. The second-order valence-electron chi connectivity index (χ2n) is 4.90. The zero-order chi connectivity index (χ0) is 13.6. The van der Waals surface area contributed by atoms with Crippen LogP contribution in [0.15, 0.2) is 34.8 Å². The monoisotopic (exact) mass is 273 g/mol. The molecule has 3 rings (SSSR count). The lowest BCUT2D eigenvalue weighted by molar-refractivity contribution is 0.724. The number of hydrogen-bond acceptors (Lipinski definition) is 2. The van der Waals surface area contributed by atoms with Crippen LogP contribution in [-0.4, -0.2) is 16.9 Å². The minimum Gasteiger partial charge on any atom is -0.384 e. The van der Waals surface area contributed by atoms with Crippen molar-refractivity contribution in [3.8, 4) is 0 Å². The molecule has 1 aliphatic heterocycles. The van der Waals surface area contributed by atoms with Gasteiger partial charge in [-0.05, 0) is 49.3 Å². The van der Waals surface area contributed by atoms with Crippen molar-refractivity contribution in [2.45, 2.75) is 20.4 Å². The van der Waals surface area contributed by atoms with Crippen molar-refractivity contribution in [3.05, 3.63) is 40.6 Å². The minimum absolute atomic E-state index is 0.645. The van der Waals surface area contributed by atoms with E-state index in [1.807, 2.05) is 19.1 Å². The van der Waals surface area contributed by atoms with E-state index >= 15 is 0 Å². The van der Waals surface area contributed by atoms with Crippen LogP contribution >= 0.6 is 11.6 Å². The Balaban J connectivity index is 2.31. The molecule has 0 saturated carbocycles. The van der Waals surface area contributed by atoms with Crippen molar-refractivity contribution in [2.24, 2.45) is 10.7 Å². The normalized spacial score (nSPS) is 16.1. The van der Waals surface area contributed by atoms with Gasteiger partial charge in [0.1, 0.15) is 5.84 Å². The summed E-state index contributed by atoms with van der Waals surface area (Å²) in [7, 11) is 0. The van der Waals surface area contributed by atoms with Gasteiger partial charge in [-0.1, -0.05) is 11.6 Å². The minimum atomic E-state index is 0.645. The Morgan fingerprint density at radius 2 is 2.00 bits per heavy atom. The summed E-state index contributed by atoms with van der Waals surface area (Å²) >= 11 is 6.07. The summed E-state index contributed by atoms with van der Waals surface area (Å²) in [6, 6.07) is 8.18.